The van der Waals surface area contributed by atoms with Gasteiger partial charge in [0, 0.05) is 43.9 Å². The molecule has 2 fully saturated rings. The van der Waals surface area contributed by atoms with Gasteiger partial charge < -0.3 is 10.2 Å². The lowest BCUT2D eigenvalue weighted by Gasteiger charge is -2.40. The highest BCUT2D eigenvalue weighted by Crippen LogP contribution is 2.39. The molecule has 114 valence electrons. The summed E-state index contributed by atoms with van der Waals surface area (Å²) in [7, 11) is 0. The molecule has 1 saturated heterocycles. The van der Waals surface area contributed by atoms with Gasteiger partial charge in [-0.2, -0.15) is 5.10 Å². The average molecular weight is 316 g/mol. The maximum Gasteiger partial charge on any atom is 0.151 e. The Morgan fingerprint density at radius 3 is 2.73 bits per heavy atom. The van der Waals surface area contributed by atoms with E-state index in [2.05, 4.69) is 37.5 Å². The van der Waals surface area contributed by atoms with Crippen LogP contribution in [-0.4, -0.2) is 34.8 Å². The van der Waals surface area contributed by atoms with E-state index in [-0.39, 0.29) is 0 Å². The van der Waals surface area contributed by atoms with Crippen LogP contribution in [0.2, 0.25) is 5.02 Å². The summed E-state index contributed by atoms with van der Waals surface area (Å²) in [5, 5.41) is 12.7. The van der Waals surface area contributed by atoms with Crippen LogP contribution < -0.4 is 10.2 Å². The number of pyridine rings is 1. The van der Waals surface area contributed by atoms with Crippen molar-refractivity contribution in [3.63, 3.8) is 0 Å². The third-order valence-corrected chi connectivity index (χ3v) is 4.60. The summed E-state index contributed by atoms with van der Waals surface area (Å²) in [4.78, 5) is 6.25. The van der Waals surface area contributed by atoms with Crippen LogP contribution in [0, 0.1) is 5.92 Å². The van der Waals surface area contributed by atoms with Crippen molar-refractivity contribution in [2.75, 3.05) is 29.9 Å². The fourth-order valence-corrected chi connectivity index (χ4v) is 2.95. The monoisotopic (exact) mass is 315 g/mol. The summed E-state index contributed by atoms with van der Waals surface area (Å²) in [6.45, 7) is 2.92. The number of nitrogens with one attached hydrogen (secondary N) is 1. The Labute approximate surface area is 134 Å². The molecule has 22 heavy (non-hydrogen) atoms. The van der Waals surface area contributed by atoms with Crippen molar-refractivity contribution in [3.05, 3.63) is 41.3 Å². The van der Waals surface area contributed by atoms with Crippen molar-refractivity contribution in [3.8, 4) is 0 Å². The Balaban J connectivity index is 1.28. The molecule has 0 amide bonds. The van der Waals surface area contributed by atoms with E-state index < -0.39 is 0 Å². The van der Waals surface area contributed by atoms with Gasteiger partial charge in [0.15, 0.2) is 5.82 Å². The van der Waals surface area contributed by atoms with Crippen molar-refractivity contribution in [2.45, 2.75) is 18.8 Å². The van der Waals surface area contributed by atoms with Crippen molar-refractivity contribution in [2.24, 2.45) is 5.92 Å². The number of aromatic nitrogens is 3. The van der Waals surface area contributed by atoms with Crippen LogP contribution in [0.5, 0.6) is 0 Å². The van der Waals surface area contributed by atoms with Gasteiger partial charge in [0.2, 0.25) is 0 Å². The first-order chi connectivity index (χ1) is 10.8. The summed E-state index contributed by atoms with van der Waals surface area (Å²) >= 11 is 6.09. The van der Waals surface area contributed by atoms with Crippen LogP contribution in [0.3, 0.4) is 0 Å². The van der Waals surface area contributed by atoms with Gasteiger partial charge in [-0.3, -0.25) is 4.98 Å². The maximum absolute atomic E-state index is 6.09. The van der Waals surface area contributed by atoms with Gasteiger partial charge in [-0.1, -0.05) is 11.6 Å². The SMILES string of the molecule is Clc1cnccc1NCC1CN(c2ccc(C3CC3)nn2)C1. The van der Waals surface area contributed by atoms with E-state index in [1.807, 2.05) is 6.07 Å². The van der Waals surface area contributed by atoms with Crippen LogP contribution >= 0.6 is 11.6 Å². The second kappa shape index (κ2) is 5.72. The molecule has 5 nitrogen and oxygen atoms in total. The zero-order valence-corrected chi connectivity index (χ0v) is 13.0. The number of hydrogen-bond donors (Lipinski definition) is 1. The molecule has 0 radical (unpaired) electrons. The topological polar surface area (TPSA) is 53.9 Å². The van der Waals surface area contributed by atoms with Crippen molar-refractivity contribution >= 4 is 23.1 Å². The predicted octanol–water partition coefficient (Wildman–Crippen LogP) is 2.95. The Kier molecular flexibility index (Phi) is 3.58. The zero-order valence-electron chi connectivity index (χ0n) is 12.2. The van der Waals surface area contributed by atoms with Crippen molar-refractivity contribution in [1.29, 1.82) is 0 Å². The summed E-state index contributed by atoms with van der Waals surface area (Å²) in [6.07, 6.45) is 5.94. The first-order valence-corrected chi connectivity index (χ1v) is 8.09. The van der Waals surface area contributed by atoms with Crippen LogP contribution in [0.25, 0.3) is 0 Å². The lowest BCUT2D eigenvalue weighted by atomic mass is 10.00. The van der Waals surface area contributed by atoms with Gasteiger partial charge in [-0.05, 0) is 31.0 Å². The highest BCUT2D eigenvalue weighted by Gasteiger charge is 2.29. The second-order valence-electron chi connectivity index (χ2n) is 6.10. The van der Waals surface area contributed by atoms with Crippen LogP contribution in [0.4, 0.5) is 11.5 Å². The second-order valence-corrected chi connectivity index (χ2v) is 6.51. The number of nitrogens with zero attached hydrogens (tertiary/aromatic N) is 4. The normalized spacial score (nSPS) is 18.1. The molecule has 0 atom stereocenters. The Bertz CT molecular complexity index is 650. The van der Waals surface area contributed by atoms with Gasteiger partial charge in [0.25, 0.3) is 0 Å². The van der Waals surface area contributed by atoms with Crippen LogP contribution in [0.1, 0.15) is 24.5 Å². The molecule has 0 bridgehead atoms. The third-order valence-electron chi connectivity index (χ3n) is 4.30. The summed E-state index contributed by atoms with van der Waals surface area (Å²) in [5.41, 5.74) is 2.10. The highest BCUT2D eigenvalue weighted by molar-refractivity contribution is 6.33. The fraction of sp³-hybridized carbons (Fsp3) is 0.438. The van der Waals surface area contributed by atoms with Gasteiger partial charge in [0.05, 0.1) is 16.4 Å². The predicted molar refractivity (Wildman–Crippen MR) is 87.4 cm³/mol. The molecule has 1 aliphatic carbocycles. The molecule has 1 saturated carbocycles. The van der Waals surface area contributed by atoms with Crippen molar-refractivity contribution in [1.82, 2.24) is 15.2 Å². The minimum absolute atomic E-state index is 0.606. The van der Waals surface area contributed by atoms with Gasteiger partial charge in [0.1, 0.15) is 0 Å². The van der Waals surface area contributed by atoms with E-state index in [4.69, 9.17) is 11.6 Å². The van der Waals surface area contributed by atoms with E-state index in [1.54, 1.807) is 12.4 Å². The summed E-state index contributed by atoms with van der Waals surface area (Å²) < 4.78 is 0. The quantitative estimate of drug-likeness (QED) is 0.919. The van der Waals surface area contributed by atoms with Crippen LogP contribution in [0.15, 0.2) is 30.6 Å². The molecule has 1 N–H and O–H groups in total. The molecule has 2 aromatic heterocycles. The lowest BCUT2D eigenvalue weighted by molar-refractivity contribution is 0.425. The molecule has 0 unspecified atom stereocenters. The lowest BCUT2D eigenvalue weighted by Crippen LogP contribution is -2.50. The molecule has 4 rings (SSSR count). The molecule has 0 spiro atoms. The maximum atomic E-state index is 6.09. The summed E-state index contributed by atoms with van der Waals surface area (Å²) in [6, 6.07) is 6.13. The number of rotatable bonds is 5. The molecule has 0 aromatic carbocycles. The first-order valence-electron chi connectivity index (χ1n) is 7.71. The Hall–Kier alpha value is -1.88. The first kappa shape index (κ1) is 13.8. The largest absolute Gasteiger partial charge is 0.383 e. The standard InChI is InChI=1S/C16H18ClN5/c17-13-8-18-6-5-15(13)19-7-11-9-22(10-11)16-4-3-14(20-21-16)12-1-2-12/h3-6,8,11-12H,1-2,7,9-10H2,(H,18,19). The molecule has 6 heteroatoms. The van der Waals surface area contributed by atoms with E-state index in [0.29, 0.717) is 16.9 Å². The molecule has 3 heterocycles. The number of anilines is 2. The third kappa shape index (κ3) is 2.86. The van der Waals surface area contributed by atoms with E-state index in [9.17, 15) is 0 Å². The van der Waals surface area contributed by atoms with Crippen LogP contribution in [-0.2, 0) is 0 Å². The highest BCUT2D eigenvalue weighted by atomic mass is 35.5. The van der Waals surface area contributed by atoms with Gasteiger partial charge in [-0.15, -0.1) is 5.10 Å². The minimum atomic E-state index is 0.606. The van der Waals surface area contributed by atoms with E-state index in [0.717, 1.165) is 36.8 Å². The van der Waals surface area contributed by atoms with Gasteiger partial charge in [-0.25, -0.2) is 0 Å². The number of hydrogen-bond acceptors (Lipinski definition) is 5. The average Bonchev–Trinajstić information content (AvgIpc) is 3.33. The summed E-state index contributed by atoms with van der Waals surface area (Å²) in [5.74, 6) is 2.26. The zero-order chi connectivity index (χ0) is 14.9. The molecular formula is C16H18ClN5. The molecule has 2 aliphatic rings. The van der Waals surface area contributed by atoms with Gasteiger partial charge >= 0.3 is 0 Å². The van der Waals surface area contributed by atoms with E-state index >= 15 is 0 Å². The molecular weight excluding hydrogens is 298 g/mol. The Morgan fingerprint density at radius 1 is 1.18 bits per heavy atom. The Morgan fingerprint density at radius 2 is 2.05 bits per heavy atom. The molecule has 1 aliphatic heterocycles. The smallest absolute Gasteiger partial charge is 0.151 e. The van der Waals surface area contributed by atoms with E-state index in [1.165, 1.54) is 12.8 Å². The minimum Gasteiger partial charge on any atom is -0.383 e. The molecule has 2 aromatic rings. The number of halogens is 1. The van der Waals surface area contributed by atoms with Crippen molar-refractivity contribution < 1.29 is 0 Å². The fourth-order valence-electron chi connectivity index (χ4n) is 2.76.